The fourth-order valence-corrected chi connectivity index (χ4v) is 1.58. The first-order chi connectivity index (χ1) is 7.43. The molecule has 3 nitrogen and oxygen atoms in total. The third kappa shape index (κ3) is 2.22. The molecule has 0 fully saturated rings. The zero-order valence-corrected chi connectivity index (χ0v) is 10.00. The molecular formula is C13H15NO2. The number of rotatable bonds is 2. The van der Waals surface area contributed by atoms with Gasteiger partial charge in [0.25, 0.3) is 0 Å². The summed E-state index contributed by atoms with van der Waals surface area (Å²) in [4.78, 5) is 10.8. The van der Waals surface area contributed by atoms with Gasteiger partial charge in [0, 0.05) is 11.1 Å². The quantitative estimate of drug-likeness (QED) is 0.715. The summed E-state index contributed by atoms with van der Waals surface area (Å²) in [7, 11) is 1.53. The van der Waals surface area contributed by atoms with Crippen LogP contribution in [0.4, 0.5) is 0 Å². The van der Waals surface area contributed by atoms with Crippen LogP contribution >= 0.6 is 0 Å². The first-order valence-corrected chi connectivity index (χ1v) is 5.02. The molecule has 0 radical (unpaired) electrons. The Bertz CT molecular complexity index is 450. The van der Waals surface area contributed by atoms with Crippen LogP contribution in [-0.2, 0) is 5.41 Å². The molecule has 0 aliphatic rings. The summed E-state index contributed by atoms with van der Waals surface area (Å²) in [5.74, 6) is 0.556. The van der Waals surface area contributed by atoms with Crippen LogP contribution < -0.4 is 4.74 Å². The number of hydrogen-bond donors (Lipinski definition) is 0. The molecule has 1 aromatic carbocycles. The fraction of sp³-hybridized carbons (Fsp3) is 0.385. The molecule has 0 saturated heterocycles. The molecule has 0 atom stereocenters. The number of carbonyl (C=O) groups is 1. The lowest BCUT2D eigenvalue weighted by molar-refractivity contribution is 0.112. The van der Waals surface area contributed by atoms with Gasteiger partial charge in [-0.1, -0.05) is 20.8 Å². The van der Waals surface area contributed by atoms with Gasteiger partial charge in [-0.3, -0.25) is 4.79 Å². The van der Waals surface area contributed by atoms with Crippen molar-refractivity contribution < 1.29 is 9.53 Å². The third-order valence-corrected chi connectivity index (χ3v) is 2.38. The molecule has 0 aromatic heterocycles. The Labute approximate surface area is 95.7 Å². The zero-order chi connectivity index (χ0) is 12.3. The minimum atomic E-state index is -0.171. The van der Waals surface area contributed by atoms with Gasteiger partial charge < -0.3 is 4.74 Å². The van der Waals surface area contributed by atoms with Gasteiger partial charge in [-0.25, -0.2) is 0 Å². The molecule has 1 aromatic rings. The maximum atomic E-state index is 10.8. The topological polar surface area (TPSA) is 50.1 Å². The zero-order valence-electron chi connectivity index (χ0n) is 10.00. The third-order valence-electron chi connectivity index (χ3n) is 2.38. The Morgan fingerprint density at radius 1 is 1.38 bits per heavy atom. The van der Waals surface area contributed by atoms with E-state index in [-0.39, 0.29) is 5.41 Å². The molecule has 0 amide bonds. The van der Waals surface area contributed by atoms with E-state index >= 15 is 0 Å². The molecular weight excluding hydrogens is 202 g/mol. The van der Waals surface area contributed by atoms with Crippen LogP contribution in [0, 0.1) is 11.3 Å². The standard InChI is InChI=1S/C13H15NO2/c1-13(2,3)11-6-9(8-15)5-10(7-14)12(11)16-4/h5-6,8H,1-4H3. The van der Waals surface area contributed by atoms with Gasteiger partial charge >= 0.3 is 0 Å². The number of benzene rings is 1. The normalized spacial score (nSPS) is 10.7. The van der Waals surface area contributed by atoms with Crippen LogP contribution in [0.25, 0.3) is 0 Å². The van der Waals surface area contributed by atoms with Crippen molar-refractivity contribution in [3.8, 4) is 11.8 Å². The van der Waals surface area contributed by atoms with Crippen molar-refractivity contribution in [3.05, 3.63) is 28.8 Å². The number of ether oxygens (including phenoxy) is 1. The van der Waals surface area contributed by atoms with Gasteiger partial charge in [0.15, 0.2) is 0 Å². The fourth-order valence-electron chi connectivity index (χ4n) is 1.58. The molecule has 0 N–H and O–H groups in total. The van der Waals surface area contributed by atoms with Gasteiger partial charge in [-0.15, -0.1) is 0 Å². The highest BCUT2D eigenvalue weighted by Gasteiger charge is 2.22. The second-order valence-electron chi connectivity index (χ2n) is 4.63. The second-order valence-corrected chi connectivity index (χ2v) is 4.63. The van der Waals surface area contributed by atoms with Crippen LogP contribution in [0.15, 0.2) is 12.1 Å². The lowest BCUT2D eigenvalue weighted by atomic mass is 9.84. The first kappa shape index (κ1) is 12.3. The first-order valence-electron chi connectivity index (χ1n) is 5.02. The average Bonchev–Trinajstić information content (AvgIpc) is 2.25. The van der Waals surface area contributed by atoms with Crippen molar-refractivity contribution in [1.82, 2.24) is 0 Å². The minimum absolute atomic E-state index is 0.171. The van der Waals surface area contributed by atoms with Crippen molar-refractivity contribution in [2.75, 3.05) is 7.11 Å². The monoisotopic (exact) mass is 217 g/mol. The molecule has 0 heterocycles. The van der Waals surface area contributed by atoms with Crippen molar-refractivity contribution in [1.29, 1.82) is 5.26 Å². The summed E-state index contributed by atoms with van der Waals surface area (Å²) < 4.78 is 5.25. The van der Waals surface area contributed by atoms with E-state index in [1.165, 1.54) is 7.11 Å². The van der Waals surface area contributed by atoms with Gasteiger partial charge in [-0.05, 0) is 17.5 Å². The van der Waals surface area contributed by atoms with E-state index in [0.29, 0.717) is 16.9 Å². The van der Waals surface area contributed by atoms with Gasteiger partial charge in [0.05, 0.1) is 12.7 Å². The number of methoxy groups -OCH3 is 1. The van der Waals surface area contributed by atoms with E-state index in [0.717, 1.165) is 11.8 Å². The second kappa shape index (κ2) is 4.36. The predicted molar refractivity (Wildman–Crippen MR) is 61.8 cm³/mol. The van der Waals surface area contributed by atoms with Crippen LogP contribution in [-0.4, -0.2) is 13.4 Å². The number of aldehydes is 1. The highest BCUT2D eigenvalue weighted by atomic mass is 16.5. The summed E-state index contributed by atoms with van der Waals surface area (Å²) in [6.45, 7) is 6.04. The van der Waals surface area contributed by atoms with Crippen LogP contribution in [0.5, 0.6) is 5.75 Å². The van der Waals surface area contributed by atoms with Crippen LogP contribution in [0.3, 0.4) is 0 Å². The lowest BCUT2D eigenvalue weighted by Gasteiger charge is -2.23. The Balaban J connectivity index is 3.57. The molecule has 0 aliphatic heterocycles. The number of hydrogen-bond acceptors (Lipinski definition) is 3. The molecule has 3 heteroatoms. The maximum Gasteiger partial charge on any atom is 0.150 e. The van der Waals surface area contributed by atoms with Gasteiger partial charge in [-0.2, -0.15) is 5.26 Å². The van der Waals surface area contributed by atoms with Gasteiger partial charge in [0.2, 0.25) is 0 Å². The summed E-state index contributed by atoms with van der Waals surface area (Å²) in [5, 5.41) is 9.01. The molecule has 0 saturated carbocycles. The largest absolute Gasteiger partial charge is 0.495 e. The Kier molecular flexibility index (Phi) is 3.34. The van der Waals surface area contributed by atoms with Crippen molar-refractivity contribution in [2.45, 2.75) is 26.2 Å². The predicted octanol–water partition coefficient (Wildman–Crippen LogP) is 2.68. The van der Waals surface area contributed by atoms with E-state index in [4.69, 9.17) is 10.00 Å². The lowest BCUT2D eigenvalue weighted by Crippen LogP contribution is -2.14. The number of nitrogens with zero attached hydrogens (tertiary/aromatic N) is 1. The Morgan fingerprint density at radius 2 is 2.00 bits per heavy atom. The smallest absolute Gasteiger partial charge is 0.150 e. The van der Waals surface area contributed by atoms with E-state index < -0.39 is 0 Å². The summed E-state index contributed by atoms with van der Waals surface area (Å²) in [6.07, 6.45) is 0.746. The number of nitriles is 1. The van der Waals surface area contributed by atoms with E-state index in [9.17, 15) is 4.79 Å². The molecule has 16 heavy (non-hydrogen) atoms. The molecule has 0 aliphatic carbocycles. The van der Waals surface area contributed by atoms with Crippen molar-refractivity contribution >= 4 is 6.29 Å². The van der Waals surface area contributed by atoms with Gasteiger partial charge in [0.1, 0.15) is 18.1 Å². The molecule has 0 spiro atoms. The summed E-state index contributed by atoms with van der Waals surface area (Å²) >= 11 is 0. The molecule has 1 rings (SSSR count). The van der Waals surface area contributed by atoms with E-state index in [1.54, 1.807) is 12.1 Å². The Hall–Kier alpha value is -1.82. The highest BCUT2D eigenvalue weighted by molar-refractivity contribution is 5.77. The van der Waals surface area contributed by atoms with Crippen LogP contribution in [0.1, 0.15) is 42.3 Å². The van der Waals surface area contributed by atoms with Crippen LogP contribution in [0.2, 0.25) is 0 Å². The van der Waals surface area contributed by atoms with E-state index in [1.807, 2.05) is 26.8 Å². The van der Waals surface area contributed by atoms with Crippen molar-refractivity contribution in [2.24, 2.45) is 0 Å². The van der Waals surface area contributed by atoms with E-state index in [2.05, 4.69) is 0 Å². The summed E-state index contributed by atoms with van der Waals surface area (Å²) in [6, 6.07) is 5.36. The molecule has 84 valence electrons. The number of carbonyl (C=O) groups excluding carboxylic acids is 1. The Morgan fingerprint density at radius 3 is 2.38 bits per heavy atom. The van der Waals surface area contributed by atoms with Crippen molar-refractivity contribution in [3.63, 3.8) is 0 Å². The average molecular weight is 217 g/mol. The maximum absolute atomic E-state index is 10.8. The summed E-state index contributed by atoms with van der Waals surface area (Å²) in [5.41, 5.74) is 1.60. The molecule has 0 unspecified atom stereocenters. The molecule has 0 bridgehead atoms. The SMILES string of the molecule is COc1c(C#N)cc(C=O)cc1C(C)(C)C. The highest BCUT2D eigenvalue weighted by Crippen LogP contribution is 2.34. The minimum Gasteiger partial charge on any atom is -0.495 e.